The maximum atomic E-state index is 9.97. The third-order valence-electron chi connectivity index (χ3n) is 2.81. The van der Waals surface area contributed by atoms with Crippen LogP contribution in [0.25, 0.3) is 10.2 Å². The minimum atomic E-state index is -0.0136. The number of hydrogen-bond acceptors (Lipinski definition) is 4. The molecule has 0 fully saturated rings. The highest BCUT2D eigenvalue weighted by Gasteiger charge is 2.15. The summed E-state index contributed by atoms with van der Waals surface area (Å²) in [4.78, 5) is 8.31. The Hall–Kier alpha value is -1.82. The fourth-order valence-electron chi connectivity index (χ4n) is 1.72. The van der Waals surface area contributed by atoms with E-state index >= 15 is 0 Å². The van der Waals surface area contributed by atoms with Gasteiger partial charge in [-0.05, 0) is 31.9 Å². The molecule has 0 saturated heterocycles. The fourth-order valence-corrected chi connectivity index (χ4v) is 2.74. The molecule has 0 unspecified atom stereocenters. The van der Waals surface area contributed by atoms with Crippen LogP contribution in [0.4, 0.5) is 5.13 Å². The van der Waals surface area contributed by atoms with Crippen LogP contribution in [0.2, 0.25) is 0 Å². The van der Waals surface area contributed by atoms with Crippen LogP contribution in [0, 0.1) is 20.8 Å². The lowest BCUT2D eigenvalue weighted by Gasteiger charge is -2.07. The molecule has 1 heterocycles. The van der Waals surface area contributed by atoms with E-state index < -0.39 is 0 Å². The molecular weight excluding hydrogens is 236 g/mol. The average Bonchev–Trinajstić information content (AvgIpc) is 2.66. The molecule has 0 saturated carbocycles. The van der Waals surface area contributed by atoms with Gasteiger partial charge in [0.05, 0.1) is 10.2 Å². The van der Waals surface area contributed by atoms with Gasteiger partial charge in [-0.25, -0.2) is 4.98 Å². The molecule has 0 aliphatic rings. The zero-order chi connectivity index (χ0) is 12.7. The second-order valence-electron chi connectivity index (χ2n) is 3.93. The van der Waals surface area contributed by atoms with Gasteiger partial charge >= 0.3 is 0 Å². The quantitative estimate of drug-likeness (QED) is 0.531. The first-order valence-electron chi connectivity index (χ1n) is 5.10. The summed E-state index contributed by atoms with van der Waals surface area (Å²) >= 11 is 1.37. The number of thiazole rings is 1. The molecular formula is C11H14N4OS. The van der Waals surface area contributed by atoms with Gasteiger partial charge in [-0.3, -0.25) is 0 Å². The van der Waals surface area contributed by atoms with Crippen LogP contribution in [0.15, 0.2) is 4.99 Å². The summed E-state index contributed by atoms with van der Waals surface area (Å²) in [6, 6.07) is 0. The highest BCUT2D eigenvalue weighted by atomic mass is 32.1. The molecule has 2 aromatic rings. The van der Waals surface area contributed by atoms with Crippen molar-refractivity contribution >= 4 is 32.6 Å². The number of nitrogens with zero attached hydrogens (tertiary/aromatic N) is 2. The number of fused-ring (bicyclic) bond motifs is 1. The van der Waals surface area contributed by atoms with Gasteiger partial charge in [0.1, 0.15) is 5.75 Å². The molecule has 1 aromatic heterocycles. The topological polar surface area (TPSA) is 97.5 Å². The number of rotatable bonds is 1. The van der Waals surface area contributed by atoms with Gasteiger partial charge in [0, 0.05) is 5.56 Å². The number of benzene rings is 1. The molecule has 2 rings (SSSR count). The molecule has 5 nitrogen and oxygen atoms in total. The van der Waals surface area contributed by atoms with E-state index in [1.807, 2.05) is 20.8 Å². The van der Waals surface area contributed by atoms with Crippen molar-refractivity contribution in [2.45, 2.75) is 20.8 Å². The molecule has 6 heteroatoms. The van der Waals surface area contributed by atoms with E-state index in [1.54, 1.807) is 0 Å². The summed E-state index contributed by atoms with van der Waals surface area (Å²) in [5.74, 6) is 0.301. The largest absolute Gasteiger partial charge is 0.507 e. The van der Waals surface area contributed by atoms with Gasteiger partial charge in [0.15, 0.2) is 5.96 Å². The standard InChI is InChI=1S/C11H14N4OS/c1-4-5(2)8(16)6(3)9-7(4)14-11(17-9)15-10(12)13/h16H,1-3H3,(H4,12,13,14,15). The Morgan fingerprint density at radius 2 is 1.82 bits per heavy atom. The number of hydrogen-bond donors (Lipinski definition) is 3. The van der Waals surface area contributed by atoms with Crippen molar-refractivity contribution in [3.63, 3.8) is 0 Å². The van der Waals surface area contributed by atoms with Crippen LogP contribution >= 0.6 is 11.3 Å². The van der Waals surface area contributed by atoms with E-state index in [1.165, 1.54) is 11.3 Å². The molecule has 0 atom stereocenters. The molecule has 17 heavy (non-hydrogen) atoms. The van der Waals surface area contributed by atoms with Crippen LogP contribution in [0.1, 0.15) is 16.7 Å². The smallest absolute Gasteiger partial charge is 0.213 e. The second-order valence-corrected chi connectivity index (χ2v) is 4.91. The van der Waals surface area contributed by atoms with Gasteiger partial charge in [-0.15, -0.1) is 0 Å². The minimum Gasteiger partial charge on any atom is -0.507 e. The number of nitrogens with two attached hydrogens (primary N) is 2. The van der Waals surface area contributed by atoms with E-state index in [9.17, 15) is 5.11 Å². The predicted molar refractivity (Wildman–Crippen MR) is 71.0 cm³/mol. The number of phenolic OH excluding ortho intramolecular Hbond substituents is 1. The lowest BCUT2D eigenvalue weighted by Crippen LogP contribution is -2.21. The second kappa shape index (κ2) is 3.89. The van der Waals surface area contributed by atoms with Crippen LogP contribution in [-0.4, -0.2) is 16.1 Å². The Bertz CT molecular complexity index is 581. The average molecular weight is 250 g/mol. The van der Waals surface area contributed by atoms with Crippen LogP contribution in [0.5, 0.6) is 5.75 Å². The number of phenols is 1. The lowest BCUT2D eigenvalue weighted by molar-refractivity contribution is 0.467. The van der Waals surface area contributed by atoms with Gasteiger partial charge in [0.25, 0.3) is 0 Å². The number of aromatic nitrogens is 1. The summed E-state index contributed by atoms with van der Waals surface area (Å²) in [5, 5.41) is 10.5. The molecule has 5 N–H and O–H groups in total. The van der Waals surface area contributed by atoms with E-state index in [-0.39, 0.29) is 5.96 Å². The fraction of sp³-hybridized carbons (Fsp3) is 0.273. The number of aromatic hydroxyl groups is 1. The first kappa shape index (κ1) is 11.7. The molecule has 0 bridgehead atoms. The normalized spacial score (nSPS) is 10.8. The summed E-state index contributed by atoms with van der Waals surface area (Å²) in [5.41, 5.74) is 14.1. The third-order valence-corrected chi connectivity index (χ3v) is 3.88. The monoisotopic (exact) mass is 250 g/mol. The first-order valence-corrected chi connectivity index (χ1v) is 5.92. The van der Waals surface area contributed by atoms with Crippen LogP contribution < -0.4 is 11.5 Å². The molecule has 0 aliphatic heterocycles. The Morgan fingerprint density at radius 3 is 2.41 bits per heavy atom. The number of aliphatic imine (C=N–C) groups is 1. The Labute approximate surface area is 103 Å². The summed E-state index contributed by atoms with van der Waals surface area (Å²) in [6.45, 7) is 5.66. The highest BCUT2D eigenvalue weighted by molar-refractivity contribution is 7.22. The molecule has 0 spiro atoms. The first-order chi connectivity index (χ1) is 7.91. The molecule has 0 radical (unpaired) electrons. The molecule has 0 amide bonds. The number of guanidine groups is 1. The van der Waals surface area contributed by atoms with Crippen molar-refractivity contribution in [2.75, 3.05) is 0 Å². The lowest BCUT2D eigenvalue weighted by atomic mass is 10.0. The maximum absolute atomic E-state index is 9.97. The highest BCUT2D eigenvalue weighted by Crippen LogP contribution is 2.39. The molecule has 90 valence electrons. The Balaban J connectivity index is 2.81. The van der Waals surface area contributed by atoms with E-state index in [0.717, 1.165) is 26.9 Å². The SMILES string of the molecule is Cc1c(O)c(C)c2sc(N=C(N)N)nc2c1C. The summed E-state index contributed by atoms with van der Waals surface area (Å²) < 4.78 is 0.922. The van der Waals surface area contributed by atoms with Gasteiger partial charge in [0.2, 0.25) is 5.13 Å². The van der Waals surface area contributed by atoms with Crippen LogP contribution in [0.3, 0.4) is 0 Å². The predicted octanol–water partition coefficient (Wildman–Crippen LogP) is 1.83. The van der Waals surface area contributed by atoms with Crippen molar-refractivity contribution in [3.05, 3.63) is 16.7 Å². The Morgan fingerprint density at radius 1 is 1.18 bits per heavy atom. The maximum Gasteiger partial charge on any atom is 0.213 e. The third kappa shape index (κ3) is 1.80. The zero-order valence-electron chi connectivity index (χ0n) is 9.90. The van der Waals surface area contributed by atoms with Crippen molar-refractivity contribution in [1.82, 2.24) is 4.98 Å². The van der Waals surface area contributed by atoms with E-state index in [2.05, 4.69) is 9.98 Å². The summed E-state index contributed by atoms with van der Waals surface area (Å²) in [7, 11) is 0. The van der Waals surface area contributed by atoms with Crippen molar-refractivity contribution in [3.8, 4) is 5.75 Å². The van der Waals surface area contributed by atoms with E-state index in [4.69, 9.17) is 11.5 Å². The Kier molecular flexibility index (Phi) is 2.66. The van der Waals surface area contributed by atoms with Gasteiger partial charge in [-0.2, -0.15) is 4.99 Å². The van der Waals surface area contributed by atoms with Crippen molar-refractivity contribution in [2.24, 2.45) is 16.5 Å². The van der Waals surface area contributed by atoms with Crippen LogP contribution in [-0.2, 0) is 0 Å². The molecule has 0 aliphatic carbocycles. The summed E-state index contributed by atoms with van der Waals surface area (Å²) in [6.07, 6.45) is 0. The van der Waals surface area contributed by atoms with Gasteiger partial charge in [-0.1, -0.05) is 11.3 Å². The number of aryl methyl sites for hydroxylation is 2. The van der Waals surface area contributed by atoms with Gasteiger partial charge < -0.3 is 16.6 Å². The van der Waals surface area contributed by atoms with Crippen molar-refractivity contribution < 1.29 is 5.11 Å². The minimum absolute atomic E-state index is 0.0136. The zero-order valence-corrected chi connectivity index (χ0v) is 10.7. The molecule has 1 aromatic carbocycles. The van der Waals surface area contributed by atoms with Crippen molar-refractivity contribution in [1.29, 1.82) is 0 Å². The van der Waals surface area contributed by atoms with E-state index in [0.29, 0.717) is 10.9 Å².